The van der Waals surface area contributed by atoms with Gasteiger partial charge in [0.25, 0.3) is 0 Å². The Balaban J connectivity index is 2.82. The molecule has 0 aromatic rings. The molecule has 0 rings (SSSR count). The Labute approximate surface area is 52.8 Å². The van der Waals surface area contributed by atoms with Gasteiger partial charge in [-0.15, -0.1) is 0 Å². The maximum Gasteiger partial charge on any atom is 0.132 e. The Morgan fingerprint density at radius 2 is 2.57 bits per heavy atom. The van der Waals surface area contributed by atoms with Crippen LogP contribution in [0.5, 0.6) is 0 Å². The number of thiocarbonyl (C=S) groups is 1. The highest BCUT2D eigenvalue weighted by Crippen LogP contribution is 1.93. The van der Waals surface area contributed by atoms with Crippen molar-refractivity contribution in [2.75, 3.05) is 12.9 Å². The summed E-state index contributed by atoms with van der Waals surface area (Å²) in [7, 11) is 1.85. The van der Waals surface area contributed by atoms with Crippen LogP contribution in [0.25, 0.3) is 0 Å². The maximum atomic E-state index is 5.13. The van der Waals surface area contributed by atoms with Crippen molar-refractivity contribution >= 4 is 28.3 Å². The molecular weight excluding hydrogens is 128 g/mol. The van der Waals surface area contributed by atoms with E-state index in [4.69, 9.17) is 5.73 Å². The summed E-state index contributed by atoms with van der Waals surface area (Å²) < 4.78 is 0.495. The molecule has 0 aliphatic carbocycles. The second-order valence-electron chi connectivity index (χ2n) is 0.961. The predicted octanol–water partition coefficient (Wildman–Crippen LogP) is 0.140. The Morgan fingerprint density at radius 3 is 2.71 bits per heavy atom. The summed E-state index contributed by atoms with van der Waals surface area (Å²) in [6, 6.07) is 0. The fourth-order valence-electron chi connectivity index (χ4n) is 0.143. The Kier molecular flexibility index (Phi) is 4.49. The molecule has 0 radical (unpaired) electrons. The van der Waals surface area contributed by atoms with Crippen molar-refractivity contribution in [3.8, 4) is 0 Å². The number of nitrogens with two attached hydrogens (primary N) is 1. The van der Waals surface area contributed by atoms with Crippen LogP contribution in [-0.4, -0.2) is 17.2 Å². The molecule has 0 bridgehead atoms. The molecule has 0 amide bonds. The first-order chi connectivity index (χ1) is 3.27. The highest BCUT2D eigenvalue weighted by Gasteiger charge is 1.83. The zero-order chi connectivity index (χ0) is 5.70. The smallest absolute Gasteiger partial charge is 0.132 e. The average molecular weight is 136 g/mol. The van der Waals surface area contributed by atoms with Crippen LogP contribution < -0.4 is 11.1 Å². The van der Waals surface area contributed by atoms with Crippen LogP contribution in [0.3, 0.4) is 0 Å². The number of hydrogen-bond acceptors (Lipinski definition) is 3. The molecule has 0 saturated heterocycles. The van der Waals surface area contributed by atoms with Gasteiger partial charge in [-0.25, -0.2) is 0 Å². The summed E-state index contributed by atoms with van der Waals surface area (Å²) in [5.41, 5.74) is 5.13. The zero-order valence-corrected chi connectivity index (χ0v) is 5.73. The summed E-state index contributed by atoms with van der Waals surface area (Å²) in [5.74, 6) is 0.801. The van der Waals surface area contributed by atoms with Gasteiger partial charge >= 0.3 is 0 Å². The summed E-state index contributed by atoms with van der Waals surface area (Å²) in [5, 5.41) is 2.89. The number of nitrogens with one attached hydrogen (secondary N) is 1. The minimum absolute atomic E-state index is 0.495. The summed E-state index contributed by atoms with van der Waals surface area (Å²) in [6.45, 7) is 0. The minimum Gasteiger partial charge on any atom is -0.385 e. The number of rotatable bonds is 2. The molecule has 2 nitrogen and oxygen atoms in total. The molecule has 0 atom stereocenters. The highest BCUT2D eigenvalue weighted by atomic mass is 32.2. The largest absolute Gasteiger partial charge is 0.385 e. The van der Waals surface area contributed by atoms with Gasteiger partial charge in [0, 0.05) is 5.88 Å². The molecule has 0 aliphatic heterocycles. The van der Waals surface area contributed by atoms with Crippen molar-refractivity contribution in [2.24, 2.45) is 5.73 Å². The van der Waals surface area contributed by atoms with E-state index in [2.05, 4.69) is 17.5 Å². The number of thioether (sulfide) groups is 1. The van der Waals surface area contributed by atoms with E-state index in [0.717, 1.165) is 5.88 Å². The standard InChI is InChI=1S/C3H8N2S2/c1-5-2-7-3(4)6/h5H,2H2,1H3,(H2,4,6). The van der Waals surface area contributed by atoms with E-state index < -0.39 is 0 Å². The predicted molar refractivity (Wildman–Crippen MR) is 38.3 cm³/mol. The Morgan fingerprint density at radius 1 is 2.00 bits per heavy atom. The average Bonchev–Trinajstić information content (AvgIpc) is 1.61. The third-order valence-electron chi connectivity index (χ3n) is 0.359. The molecule has 0 spiro atoms. The van der Waals surface area contributed by atoms with E-state index in [0.29, 0.717) is 4.32 Å². The van der Waals surface area contributed by atoms with Crippen molar-refractivity contribution in [1.82, 2.24) is 5.32 Å². The molecule has 0 aromatic heterocycles. The molecular formula is C3H8N2S2. The van der Waals surface area contributed by atoms with Gasteiger partial charge < -0.3 is 11.1 Å². The molecule has 7 heavy (non-hydrogen) atoms. The van der Waals surface area contributed by atoms with Gasteiger partial charge in [0.2, 0.25) is 0 Å². The number of hydrogen-bond donors (Lipinski definition) is 2. The fourth-order valence-corrected chi connectivity index (χ4v) is 0.607. The SMILES string of the molecule is CNCSC(N)=S. The lowest BCUT2D eigenvalue weighted by Gasteiger charge is -1.92. The molecule has 0 aromatic carbocycles. The van der Waals surface area contributed by atoms with Crippen LogP contribution in [0.4, 0.5) is 0 Å². The van der Waals surface area contributed by atoms with Crippen LogP contribution in [0.1, 0.15) is 0 Å². The molecule has 3 N–H and O–H groups in total. The van der Waals surface area contributed by atoms with Gasteiger partial charge in [0.1, 0.15) is 4.32 Å². The molecule has 0 saturated carbocycles. The van der Waals surface area contributed by atoms with Crippen molar-refractivity contribution in [3.63, 3.8) is 0 Å². The first-order valence-electron chi connectivity index (χ1n) is 1.84. The molecule has 0 unspecified atom stereocenters. The van der Waals surface area contributed by atoms with Crippen molar-refractivity contribution in [2.45, 2.75) is 0 Å². The monoisotopic (exact) mass is 136 g/mol. The van der Waals surface area contributed by atoms with Crippen molar-refractivity contribution in [1.29, 1.82) is 0 Å². The van der Waals surface area contributed by atoms with Gasteiger partial charge in [-0.1, -0.05) is 24.0 Å². The third kappa shape index (κ3) is 6.20. The highest BCUT2D eigenvalue weighted by molar-refractivity contribution is 8.22. The molecule has 0 fully saturated rings. The van der Waals surface area contributed by atoms with Crippen LogP contribution in [0, 0.1) is 0 Å². The zero-order valence-electron chi connectivity index (χ0n) is 4.10. The third-order valence-corrected chi connectivity index (χ3v) is 1.43. The molecule has 0 heterocycles. The second kappa shape index (κ2) is 4.36. The lowest BCUT2D eigenvalue weighted by atomic mass is 11.3. The van der Waals surface area contributed by atoms with E-state index in [1.165, 1.54) is 11.8 Å². The lowest BCUT2D eigenvalue weighted by Crippen LogP contribution is -2.10. The van der Waals surface area contributed by atoms with Gasteiger partial charge in [-0.05, 0) is 7.05 Å². The Hall–Kier alpha value is 0.200. The normalized spacial score (nSPS) is 8.71. The molecule has 0 aliphatic rings. The first-order valence-corrected chi connectivity index (χ1v) is 3.23. The van der Waals surface area contributed by atoms with E-state index >= 15 is 0 Å². The summed E-state index contributed by atoms with van der Waals surface area (Å²) in [6.07, 6.45) is 0. The van der Waals surface area contributed by atoms with E-state index in [9.17, 15) is 0 Å². The van der Waals surface area contributed by atoms with Gasteiger partial charge in [-0.3, -0.25) is 0 Å². The lowest BCUT2D eigenvalue weighted by molar-refractivity contribution is 0.986. The van der Waals surface area contributed by atoms with E-state index in [1.807, 2.05) is 7.05 Å². The van der Waals surface area contributed by atoms with Gasteiger partial charge in [-0.2, -0.15) is 0 Å². The first kappa shape index (κ1) is 7.20. The molecule has 42 valence electrons. The topological polar surface area (TPSA) is 38.0 Å². The Bertz CT molecular complexity index is 64.0. The van der Waals surface area contributed by atoms with Crippen molar-refractivity contribution < 1.29 is 0 Å². The van der Waals surface area contributed by atoms with E-state index in [1.54, 1.807) is 0 Å². The summed E-state index contributed by atoms with van der Waals surface area (Å²) in [4.78, 5) is 0. The van der Waals surface area contributed by atoms with Crippen LogP contribution >= 0.6 is 24.0 Å². The van der Waals surface area contributed by atoms with Crippen LogP contribution in [0.15, 0.2) is 0 Å². The minimum atomic E-state index is 0.495. The van der Waals surface area contributed by atoms with Crippen molar-refractivity contribution in [3.05, 3.63) is 0 Å². The quantitative estimate of drug-likeness (QED) is 0.418. The van der Waals surface area contributed by atoms with E-state index in [-0.39, 0.29) is 0 Å². The van der Waals surface area contributed by atoms with Gasteiger partial charge in [0.15, 0.2) is 0 Å². The second-order valence-corrected chi connectivity index (χ2v) is 2.68. The summed E-state index contributed by atoms with van der Waals surface area (Å²) >= 11 is 5.99. The van der Waals surface area contributed by atoms with Gasteiger partial charge in [0.05, 0.1) is 0 Å². The maximum absolute atomic E-state index is 5.13. The molecule has 4 heteroatoms. The van der Waals surface area contributed by atoms with Crippen LogP contribution in [0.2, 0.25) is 0 Å². The fraction of sp³-hybridized carbons (Fsp3) is 0.667. The van der Waals surface area contributed by atoms with Crippen LogP contribution in [-0.2, 0) is 0 Å².